The minimum absolute atomic E-state index is 0.0588. The normalized spacial score (nSPS) is 15.1. The summed E-state index contributed by atoms with van der Waals surface area (Å²) in [6, 6.07) is 12.3. The molecule has 0 spiro atoms. The van der Waals surface area contributed by atoms with Crippen molar-refractivity contribution in [1.29, 1.82) is 0 Å². The molecule has 0 N–H and O–H groups in total. The molecule has 0 saturated carbocycles. The molecule has 2 heterocycles. The highest BCUT2D eigenvalue weighted by Crippen LogP contribution is 2.22. The molecule has 1 aliphatic rings. The monoisotopic (exact) mass is 474 g/mol. The van der Waals surface area contributed by atoms with E-state index in [1.165, 1.54) is 4.31 Å². The van der Waals surface area contributed by atoms with E-state index in [-0.39, 0.29) is 37.0 Å². The van der Waals surface area contributed by atoms with Gasteiger partial charge in [0.1, 0.15) is 0 Å². The third-order valence-electron chi connectivity index (χ3n) is 5.83. The van der Waals surface area contributed by atoms with E-state index in [4.69, 9.17) is 0 Å². The van der Waals surface area contributed by atoms with Crippen molar-refractivity contribution in [3.05, 3.63) is 82.7 Å². The van der Waals surface area contributed by atoms with Crippen LogP contribution in [0.25, 0.3) is 0 Å². The maximum absolute atomic E-state index is 13.5. The van der Waals surface area contributed by atoms with Crippen molar-refractivity contribution in [2.24, 2.45) is 0 Å². The number of aromatic nitrogens is 2. The second-order valence-electron chi connectivity index (χ2n) is 7.96. The quantitative estimate of drug-likeness (QED) is 0.570. The van der Waals surface area contributed by atoms with E-state index < -0.39 is 21.7 Å². The van der Waals surface area contributed by atoms with Gasteiger partial charge in [-0.3, -0.25) is 9.48 Å². The second kappa shape index (κ2) is 9.03. The maximum atomic E-state index is 13.5. The minimum Gasteiger partial charge on any atom is -0.336 e. The first-order chi connectivity index (χ1) is 15.7. The van der Waals surface area contributed by atoms with Gasteiger partial charge in [-0.25, -0.2) is 17.2 Å². The fraction of sp³-hybridized carbons (Fsp3) is 0.304. The fourth-order valence-corrected chi connectivity index (χ4v) is 5.43. The third-order valence-corrected chi connectivity index (χ3v) is 7.72. The van der Waals surface area contributed by atoms with E-state index in [1.54, 1.807) is 16.5 Å². The van der Waals surface area contributed by atoms with Crippen molar-refractivity contribution < 1.29 is 22.0 Å². The highest BCUT2D eigenvalue weighted by atomic mass is 32.2. The van der Waals surface area contributed by atoms with E-state index in [9.17, 15) is 22.0 Å². The Bertz CT molecular complexity index is 1280. The van der Waals surface area contributed by atoms with Crippen LogP contribution >= 0.6 is 0 Å². The average Bonchev–Trinajstić information content (AvgIpc) is 3.08. The number of nitrogens with zero attached hydrogens (tertiary/aromatic N) is 4. The first-order valence-corrected chi connectivity index (χ1v) is 11.9. The lowest BCUT2D eigenvalue weighted by atomic mass is 10.1. The van der Waals surface area contributed by atoms with Gasteiger partial charge in [0.05, 0.1) is 22.7 Å². The Morgan fingerprint density at radius 2 is 1.64 bits per heavy atom. The highest BCUT2D eigenvalue weighted by molar-refractivity contribution is 7.89. The van der Waals surface area contributed by atoms with Crippen LogP contribution in [0.3, 0.4) is 0 Å². The molecule has 0 aliphatic carbocycles. The summed E-state index contributed by atoms with van der Waals surface area (Å²) in [5.41, 5.74) is 2.95. The zero-order valence-electron chi connectivity index (χ0n) is 18.3. The van der Waals surface area contributed by atoms with Crippen LogP contribution in [0.4, 0.5) is 8.78 Å². The molecule has 174 valence electrons. The molecule has 1 fully saturated rings. The maximum Gasteiger partial charge on any atom is 0.257 e. The van der Waals surface area contributed by atoms with Crippen molar-refractivity contribution in [3.8, 4) is 0 Å². The number of carbonyl (C=O) groups is 1. The van der Waals surface area contributed by atoms with Crippen molar-refractivity contribution in [2.75, 3.05) is 26.2 Å². The summed E-state index contributed by atoms with van der Waals surface area (Å²) in [6.07, 6.45) is 0. The molecule has 4 rings (SSSR count). The molecule has 0 radical (unpaired) electrons. The Balaban J connectivity index is 1.47. The van der Waals surface area contributed by atoms with Crippen molar-refractivity contribution in [3.63, 3.8) is 0 Å². The Morgan fingerprint density at radius 1 is 0.970 bits per heavy atom. The molecular weight excluding hydrogens is 450 g/mol. The molecule has 0 atom stereocenters. The molecule has 0 unspecified atom stereocenters. The van der Waals surface area contributed by atoms with Crippen LogP contribution in [0.1, 0.15) is 27.3 Å². The van der Waals surface area contributed by atoms with Crippen molar-refractivity contribution in [1.82, 2.24) is 19.0 Å². The molecule has 1 aromatic heterocycles. The molecule has 3 aromatic rings. The summed E-state index contributed by atoms with van der Waals surface area (Å²) in [6.45, 7) is 4.66. The first-order valence-electron chi connectivity index (χ1n) is 10.5. The molecular formula is C23H24F2N4O3S. The van der Waals surface area contributed by atoms with E-state index in [0.29, 0.717) is 23.9 Å². The Morgan fingerprint density at radius 3 is 2.27 bits per heavy atom. The lowest BCUT2D eigenvalue weighted by Gasteiger charge is -2.34. The molecule has 10 heteroatoms. The summed E-state index contributed by atoms with van der Waals surface area (Å²) in [4.78, 5) is 14.5. The number of hydrogen-bond donors (Lipinski definition) is 0. The molecule has 1 saturated heterocycles. The Kier molecular flexibility index (Phi) is 6.31. The van der Waals surface area contributed by atoms with E-state index >= 15 is 0 Å². The van der Waals surface area contributed by atoms with Crippen LogP contribution in [0.2, 0.25) is 0 Å². The number of piperazine rings is 1. The van der Waals surface area contributed by atoms with Crippen molar-refractivity contribution >= 4 is 15.9 Å². The number of aryl methyl sites for hydroxylation is 1. The van der Waals surface area contributed by atoms with E-state index in [2.05, 4.69) is 5.10 Å². The van der Waals surface area contributed by atoms with Crippen LogP contribution in [0, 0.1) is 25.5 Å². The molecule has 0 bridgehead atoms. The third kappa shape index (κ3) is 4.53. The largest absolute Gasteiger partial charge is 0.336 e. The number of hydrogen-bond acceptors (Lipinski definition) is 4. The Hall–Kier alpha value is -3.11. The molecule has 33 heavy (non-hydrogen) atoms. The van der Waals surface area contributed by atoms with Gasteiger partial charge in [0.15, 0.2) is 11.6 Å². The first kappa shape index (κ1) is 23.1. The van der Waals surface area contributed by atoms with Gasteiger partial charge in [0.25, 0.3) is 5.91 Å². The predicted molar refractivity (Wildman–Crippen MR) is 118 cm³/mol. The van der Waals surface area contributed by atoms with Gasteiger partial charge in [-0.1, -0.05) is 30.3 Å². The zero-order valence-corrected chi connectivity index (χ0v) is 19.1. The lowest BCUT2D eigenvalue weighted by Crippen LogP contribution is -2.50. The Labute approximate surface area is 191 Å². The smallest absolute Gasteiger partial charge is 0.257 e. The number of halogens is 2. The standard InChI is InChI=1S/C23H24F2N4O3S/c1-16-22(17(2)29(26-16)15-18-6-4-3-5-7-18)23(30)27-10-12-28(13-11-27)33(31,32)19-8-9-20(24)21(25)14-19/h3-9,14H,10-13,15H2,1-2H3. The van der Waals surface area contributed by atoms with Gasteiger partial charge in [-0.2, -0.15) is 9.40 Å². The zero-order chi connectivity index (χ0) is 23.8. The minimum atomic E-state index is -3.99. The van der Waals surface area contributed by atoms with Crippen LogP contribution in [0.15, 0.2) is 53.4 Å². The van der Waals surface area contributed by atoms with Gasteiger partial charge >= 0.3 is 0 Å². The number of benzene rings is 2. The molecule has 1 aliphatic heterocycles. The van der Waals surface area contributed by atoms with E-state index in [0.717, 1.165) is 23.4 Å². The highest BCUT2D eigenvalue weighted by Gasteiger charge is 2.32. The molecule has 2 aromatic carbocycles. The van der Waals surface area contributed by atoms with Crippen LogP contribution in [-0.2, 0) is 16.6 Å². The SMILES string of the molecule is Cc1nn(Cc2ccccc2)c(C)c1C(=O)N1CCN(S(=O)(=O)c2ccc(F)c(F)c2)CC1. The van der Waals surface area contributed by atoms with Gasteiger partial charge in [0, 0.05) is 31.9 Å². The summed E-state index contributed by atoms with van der Waals surface area (Å²) in [5, 5.41) is 4.53. The number of sulfonamides is 1. The van der Waals surface area contributed by atoms with Crippen LogP contribution < -0.4 is 0 Å². The molecule has 1 amide bonds. The van der Waals surface area contributed by atoms with Gasteiger partial charge < -0.3 is 4.90 Å². The number of carbonyl (C=O) groups excluding carboxylic acids is 1. The topological polar surface area (TPSA) is 75.5 Å². The predicted octanol–water partition coefficient (Wildman–Crippen LogP) is 2.97. The van der Waals surface area contributed by atoms with Crippen molar-refractivity contribution in [2.45, 2.75) is 25.3 Å². The summed E-state index contributed by atoms with van der Waals surface area (Å²) in [7, 11) is -3.99. The average molecular weight is 475 g/mol. The molecule has 7 nitrogen and oxygen atoms in total. The van der Waals surface area contributed by atoms with Crippen LogP contribution in [0.5, 0.6) is 0 Å². The van der Waals surface area contributed by atoms with Gasteiger partial charge in [-0.05, 0) is 37.6 Å². The van der Waals surface area contributed by atoms with Crippen LogP contribution in [-0.4, -0.2) is 59.5 Å². The summed E-state index contributed by atoms with van der Waals surface area (Å²) in [5.74, 6) is -2.53. The number of amides is 1. The lowest BCUT2D eigenvalue weighted by molar-refractivity contribution is 0.0696. The fourth-order valence-electron chi connectivity index (χ4n) is 3.99. The second-order valence-corrected chi connectivity index (χ2v) is 9.90. The number of rotatable bonds is 5. The van der Waals surface area contributed by atoms with Gasteiger partial charge in [-0.15, -0.1) is 0 Å². The summed E-state index contributed by atoms with van der Waals surface area (Å²) < 4.78 is 55.3. The van der Waals surface area contributed by atoms with E-state index in [1.807, 2.05) is 37.3 Å². The van der Waals surface area contributed by atoms with Gasteiger partial charge in [0.2, 0.25) is 10.0 Å². The summed E-state index contributed by atoms with van der Waals surface area (Å²) >= 11 is 0.